The first-order chi connectivity index (χ1) is 16.7. The Morgan fingerprint density at radius 1 is 0.943 bits per heavy atom. The molecule has 3 aromatic carbocycles. The van der Waals surface area contributed by atoms with Gasteiger partial charge in [-0.25, -0.2) is 4.57 Å². The third-order valence-electron chi connectivity index (χ3n) is 8.24. The van der Waals surface area contributed by atoms with Gasteiger partial charge in [-0.1, -0.05) is 69.9 Å². The van der Waals surface area contributed by atoms with Gasteiger partial charge in [-0.3, -0.25) is 0 Å². The highest BCUT2D eigenvalue weighted by Crippen LogP contribution is 2.52. The van der Waals surface area contributed by atoms with Gasteiger partial charge in [0.1, 0.15) is 18.5 Å². The fourth-order valence-corrected chi connectivity index (χ4v) is 6.56. The van der Waals surface area contributed by atoms with Crippen molar-refractivity contribution in [3.63, 3.8) is 0 Å². The summed E-state index contributed by atoms with van der Waals surface area (Å²) in [6, 6.07) is 14.0. The summed E-state index contributed by atoms with van der Waals surface area (Å²) < 4.78 is 9.33. The van der Waals surface area contributed by atoms with Crippen molar-refractivity contribution < 1.29 is 9.30 Å². The van der Waals surface area contributed by atoms with Gasteiger partial charge in [0.25, 0.3) is 0 Å². The number of aryl methyl sites for hydroxylation is 3. The van der Waals surface area contributed by atoms with Crippen molar-refractivity contribution in [2.24, 2.45) is 12.5 Å². The fraction of sp³-hybridized carbons (Fsp3) is 0.424. The number of fused-ring (bicyclic) bond motifs is 3. The van der Waals surface area contributed by atoms with Gasteiger partial charge in [0.15, 0.2) is 6.20 Å². The summed E-state index contributed by atoms with van der Waals surface area (Å²) >= 11 is 0. The van der Waals surface area contributed by atoms with Crippen molar-refractivity contribution in [1.29, 1.82) is 0 Å². The maximum absolute atomic E-state index is 7.02. The summed E-state index contributed by atoms with van der Waals surface area (Å²) in [5, 5.41) is 5.26. The summed E-state index contributed by atoms with van der Waals surface area (Å²) in [6.45, 7) is 11.5. The van der Waals surface area contributed by atoms with E-state index in [4.69, 9.17) is 4.74 Å². The third-order valence-corrected chi connectivity index (χ3v) is 8.24. The van der Waals surface area contributed by atoms with Crippen molar-refractivity contribution in [1.82, 2.24) is 0 Å². The molecule has 0 saturated heterocycles. The number of aromatic nitrogens is 1. The van der Waals surface area contributed by atoms with Crippen LogP contribution in [0, 0.1) is 19.3 Å². The molecule has 1 aliphatic heterocycles. The van der Waals surface area contributed by atoms with Gasteiger partial charge in [0.2, 0.25) is 5.69 Å². The molecule has 0 N–H and O–H groups in total. The molecule has 180 valence electrons. The highest BCUT2D eigenvalue weighted by atomic mass is 16.5. The zero-order valence-electron chi connectivity index (χ0n) is 22.2. The monoisotopic (exact) mass is 464 g/mol. The van der Waals surface area contributed by atoms with Gasteiger partial charge in [-0.15, -0.1) is 0 Å². The lowest BCUT2D eigenvalue weighted by Crippen LogP contribution is -2.32. The van der Waals surface area contributed by atoms with Crippen molar-refractivity contribution in [3.8, 4) is 22.8 Å². The number of hydrogen-bond donors (Lipinski definition) is 0. The largest absolute Gasteiger partial charge is 0.455 e. The van der Waals surface area contributed by atoms with E-state index in [9.17, 15) is 0 Å². The van der Waals surface area contributed by atoms with Crippen LogP contribution in [0.15, 0.2) is 42.6 Å². The van der Waals surface area contributed by atoms with E-state index in [1.54, 1.807) is 0 Å². The molecule has 0 unspecified atom stereocenters. The van der Waals surface area contributed by atoms with E-state index in [1.165, 1.54) is 87.2 Å². The Labute approximate surface area is 209 Å². The summed E-state index contributed by atoms with van der Waals surface area (Å²) in [4.78, 5) is 0. The number of nitrogens with zero attached hydrogens (tertiary/aromatic N) is 1. The van der Waals surface area contributed by atoms with Gasteiger partial charge in [-0.2, -0.15) is 0 Å². The molecule has 2 heteroatoms. The van der Waals surface area contributed by atoms with Crippen LogP contribution in [-0.2, 0) is 13.5 Å². The highest BCUT2D eigenvalue weighted by molar-refractivity contribution is 6.06. The molecule has 35 heavy (non-hydrogen) atoms. The average Bonchev–Trinajstić information content (AvgIpc) is 2.83. The minimum Gasteiger partial charge on any atom is -0.455 e. The molecule has 4 aromatic rings. The number of hydrogen-bond acceptors (Lipinski definition) is 1. The Hall–Kier alpha value is -2.87. The minimum atomic E-state index is 0.155. The molecular weight excluding hydrogens is 426 g/mol. The molecule has 6 rings (SSSR count). The minimum absolute atomic E-state index is 0.155. The van der Waals surface area contributed by atoms with E-state index in [0.29, 0.717) is 5.92 Å². The van der Waals surface area contributed by atoms with Crippen LogP contribution in [0.4, 0.5) is 0 Å². The molecule has 0 bridgehead atoms. The second-order valence-corrected chi connectivity index (χ2v) is 12.3. The first-order valence-electron chi connectivity index (χ1n) is 13.4. The molecule has 0 amide bonds. The maximum atomic E-state index is 7.02. The number of pyridine rings is 1. The molecule has 1 fully saturated rings. The van der Waals surface area contributed by atoms with Crippen molar-refractivity contribution in [2.75, 3.05) is 0 Å². The first-order valence-corrected chi connectivity index (χ1v) is 13.4. The molecule has 1 saturated carbocycles. The molecular formula is C33H38NO+. The maximum Gasteiger partial charge on any atom is 0.228 e. The molecule has 1 aliphatic carbocycles. The molecule has 0 atom stereocenters. The average molecular weight is 465 g/mol. The van der Waals surface area contributed by atoms with Crippen molar-refractivity contribution in [2.45, 2.75) is 79.1 Å². The van der Waals surface area contributed by atoms with Crippen LogP contribution in [-0.4, -0.2) is 0 Å². The van der Waals surface area contributed by atoms with Crippen LogP contribution in [0.5, 0.6) is 11.5 Å². The number of rotatable bonds is 2. The standard InChI is InChI=1S/C33H38NO/c1-20-12-13-25-26(16-20)21(2)29-31-30-23(14-15-34(31)6)17-24(22-10-8-7-9-11-22)18-28(30)35-32(29)27(25)19-33(3,4)5/h12-18,22H,7-11,19H2,1-6H3/q+1. The van der Waals surface area contributed by atoms with Gasteiger partial charge >= 0.3 is 0 Å². The summed E-state index contributed by atoms with van der Waals surface area (Å²) in [5.74, 6) is 2.77. The van der Waals surface area contributed by atoms with Gasteiger partial charge in [-0.05, 0) is 77.8 Å². The Morgan fingerprint density at radius 2 is 1.71 bits per heavy atom. The molecule has 0 radical (unpaired) electrons. The lowest BCUT2D eigenvalue weighted by atomic mass is 9.80. The predicted octanol–water partition coefficient (Wildman–Crippen LogP) is 8.84. The lowest BCUT2D eigenvalue weighted by molar-refractivity contribution is -0.659. The van der Waals surface area contributed by atoms with Gasteiger partial charge in [0, 0.05) is 11.6 Å². The van der Waals surface area contributed by atoms with Crippen LogP contribution in [0.1, 0.15) is 81.0 Å². The second-order valence-electron chi connectivity index (χ2n) is 12.3. The van der Waals surface area contributed by atoms with Crippen LogP contribution in [0.3, 0.4) is 0 Å². The van der Waals surface area contributed by atoms with Crippen molar-refractivity contribution >= 4 is 21.5 Å². The van der Waals surface area contributed by atoms with Crippen LogP contribution >= 0.6 is 0 Å². The van der Waals surface area contributed by atoms with Crippen molar-refractivity contribution in [3.05, 3.63) is 64.8 Å². The molecule has 2 heterocycles. The Morgan fingerprint density at radius 3 is 2.46 bits per heavy atom. The SMILES string of the molecule is Cc1ccc2c(CC(C)(C)C)c3c(c(C)c2c1)-c1c2c(cc(C4CCCCC4)cc2cc[n+]1C)O3. The molecule has 1 aromatic heterocycles. The number of benzene rings is 3. The van der Waals surface area contributed by atoms with Crippen LogP contribution in [0.25, 0.3) is 32.8 Å². The fourth-order valence-electron chi connectivity index (χ4n) is 6.56. The second kappa shape index (κ2) is 8.08. The Bertz CT molecular complexity index is 1480. The Kier molecular flexibility index (Phi) is 5.22. The zero-order chi connectivity index (χ0) is 24.5. The summed E-state index contributed by atoms with van der Waals surface area (Å²) in [5.41, 5.74) is 8.15. The third kappa shape index (κ3) is 3.73. The molecule has 0 spiro atoms. The smallest absolute Gasteiger partial charge is 0.228 e. The van der Waals surface area contributed by atoms with E-state index in [2.05, 4.69) is 88.8 Å². The topological polar surface area (TPSA) is 13.1 Å². The molecule has 2 nitrogen and oxygen atoms in total. The number of ether oxygens (including phenoxy) is 1. The molecule has 2 aliphatic rings. The van der Waals surface area contributed by atoms with E-state index >= 15 is 0 Å². The van der Waals surface area contributed by atoms with E-state index in [0.717, 1.165) is 17.9 Å². The van der Waals surface area contributed by atoms with E-state index in [1.807, 2.05) is 0 Å². The van der Waals surface area contributed by atoms with Gasteiger partial charge < -0.3 is 4.74 Å². The quantitative estimate of drug-likeness (QED) is 0.238. The first kappa shape index (κ1) is 22.6. The zero-order valence-corrected chi connectivity index (χ0v) is 22.2. The van der Waals surface area contributed by atoms with E-state index in [-0.39, 0.29) is 5.41 Å². The van der Waals surface area contributed by atoms with Gasteiger partial charge in [0.05, 0.1) is 10.9 Å². The highest BCUT2D eigenvalue weighted by Gasteiger charge is 2.34. The van der Waals surface area contributed by atoms with E-state index < -0.39 is 0 Å². The summed E-state index contributed by atoms with van der Waals surface area (Å²) in [7, 11) is 2.19. The Balaban J connectivity index is 1.69. The lowest BCUT2D eigenvalue weighted by Gasteiger charge is -2.29. The predicted molar refractivity (Wildman–Crippen MR) is 147 cm³/mol. The van der Waals surface area contributed by atoms with Crippen LogP contribution < -0.4 is 9.30 Å². The normalized spacial score (nSPS) is 15.9. The van der Waals surface area contributed by atoms with Crippen LogP contribution in [0.2, 0.25) is 0 Å². The summed E-state index contributed by atoms with van der Waals surface area (Å²) in [6.07, 6.45) is 9.88.